The summed E-state index contributed by atoms with van der Waals surface area (Å²) in [6.45, 7) is 5.86. The Morgan fingerprint density at radius 3 is 2.81 bits per heavy atom. The molecule has 82 valence electrons. The summed E-state index contributed by atoms with van der Waals surface area (Å²) >= 11 is 0. The standard InChI is InChI=1S/C14H16N2/c1-10(2)9-12(15)14-8-7-11-5-3-4-6-13(11)16-14/h3-8,12H,1,9,15H2,2H3/t12-/m0/s1. The molecule has 2 nitrogen and oxygen atoms in total. The van der Waals surface area contributed by atoms with E-state index in [0.29, 0.717) is 0 Å². The molecule has 0 radical (unpaired) electrons. The monoisotopic (exact) mass is 212 g/mol. The van der Waals surface area contributed by atoms with E-state index >= 15 is 0 Å². The van der Waals surface area contributed by atoms with Gasteiger partial charge >= 0.3 is 0 Å². The van der Waals surface area contributed by atoms with Crippen molar-refractivity contribution in [2.75, 3.05) is 0 Å². The maximum atomic E-state index is 6.06. The lowest BCUT2D eigenvalue weighted by atomic mass is 10.1. The lowest BCUT2D eigenvalue weighted by molar-refractivity contribution is 0.696. The molecule has 2 heteroatoms. The highest BCUT2D eigenvalue weighted by molar-refractivity contribution is 5.78. The van der Waals surface area contributed by atoms with Crippen molar-refractivity contribution in [2.45, 2.75) is 19.4 Å². The van der Waals surface area contributed by atoms with E-state index in [-0.39, 0.29) is 6.04 Å². The molecule has 1 atom stereocenters. The van der Waals surface area contributed by atoms with Gasteiger partial charge in [-0.15, -0.1) is 6.58 Å². The van der Waals surface area contributed by atoms with Gasteiger partial charge in [0.2, 0.25) is 0 Å². The molecule has 2 N–H and O–H groups in total. The highest BCUT2D eigenvalue weighted by atomic mass is 14.8. The molecule has 0 saturated heterocycles. The van der Waals surface area contributed by atoms with E-state index in [9.17, 15) is 0 Å². The number of para-hydroxylation sites is 1. The average molecular weight is 212 g/mol. The normalized spacial score (nSPS) is 12.6. The third-order valence-electron chi connectivity index (χ3n) is 2.57. The molecule has 0 bridgehead atoms. The Bertz CT molecular complexity index is 517. The van der Waals surface area contributed by atoms with E-state index in [1.165, 1.54) is 0 Å². The van der Waals surface area contributed by atoms with Crippen molar-refractivity contribution in [2.24, 2.45) is 5.73 Å². The van der Waals surface area contributed by atoms with E-state index in [0.717, 1.165) is 28.6 Å². The van der Waals surface area contributed by atoms with Crippen molar-refractivity contribution < 1.29 is 0 Å². The second kappa shape index (κ2) is 4.45. The summed E-state index contributed by atoms with van der Waals surface area (Å²) in [4.78, 5) is 4.56. The first kappa shape index (κ1) is 10.8. The summed E-state index contributed by atoms with van der Waals surface area (Å²) < 4.78 is 0. The molecule has 2 aromatic rings. The van der Waals surface area contributed by atoms with Crippen LogP contribution in [-0.2, 0) is 0 Å². The fourth-order valence-corrected chi connectivity index (χ4v) is 1.77. The number of fused-ring (bicyclic) bond motifs is 1. The molecule has 0 saturated carbocycles. The van der Waals surface area contributed by atoms with E-state index in [4.69, 9.17) is 5.73 Å². The van der Waals surface area contributed by atoms with Crippen LogP contribution in [0.4, 0.5) is 0 Å². The maximum absolute atomic E-state index is 6.06. The van der Waals surface area contributed by atoms with E-state index < -0.39 is 0 Å². The summed E-state index contributed by atoms with van der Waals surface area (Å²) in [6, 6.07) is 12.1. The third kappa shape index (κ3) is 2.28. The van der Waals surface area contributed by atoms with Gasteiger partial charge in [-0.2, -0.15) is 0 Å². The van der Waals surface area contributed by atoms with Crippen LogP contribution in [0.3, 0.4) is 0 Å². The number of nitrogens with two attached hydrogens (primary N) is 1. The van der Waals surface area contributed by atoms with Crippen molar-refractivity contribution in [1.29, 1.82) is 0 Å². The molecule has 0 aliphatic heterocycles. The summed E-state index contributed by atoms with van der Waals surface area (Å²) in [7, 11) is 0. The van der Waals surface area contributed by atoms with Crippen molar-refractivity contribution in [3.05, 3.63) is 54.2 Å². The van der Waals surface area contributed by atoms with E-state index in [2.05, 4.69) is 23.7 Å². The summed E-state index contributed by atoms with van der Waals surface area (Å²) in [6.07, 6.45) is 0.783. The van der Waals surface area contributed by atoms with Gasteiger partial charge in [0, 0.05) is 5.39 Å². The number of benzene rings is 1. The van der Waals surface area contributed by atoms with Gasteiger partial charge in [-0.1, -0.05) is 29.8 Å². The fraction of sp³-hybridized carbons (Fsp3) is 0.214. The first-order valence-electron chi connectivity index (χ1n) is 5.42. The van der Waals surface area contributed by atoms with Crippen LogP contribution in [0.5, 0.6) is 0 Å². The Hall–Kier alpha value is -1.67. The molecule has 0 unspecified atom stereocenters. The minimum Gasteiger partial charge on any atom is -0.322 e. The molecule has 2 rings (SSSR count). The lowest BCUT2D eigenvalue weighted by Crippen LogP contribution is -2.12. The molecular weight excluding hydrogens is 196 g/mol. The van der Waals surface area contributed by atoms with E-state index in [1.807, 2.05) is 31.2 Å². The molecular formula is C14H16N2. The largest absolute Gasteiger partial charge is 0.322 e. The number of pyridine rings is 1. The number of aromatic nitrogens is 1. The van der Waals surface area contributed by atoms with Crippen molar-refractivity contribution in [1.82, 2.24) is 4.98 Å². The number of hydrogen-bond acceptors (Lipinski definition) is 2. The predicted molar refractivity (Wildman–Crippen MR) is 68.1 cm³/mol. The summed E-state index contributed by atoms with van der Waals surface area (Å²) in [5, 5.41) is 1.15. The van der Waals surface area contributed by atoms with Crippen molar-refractivity contribution >= 4 is 10.9 Å². The number of rotatable bonds is 3. The number of hydrogen-bond donors (Lipinski definition) is 1. The van der Waals surface area contributed by atoms with Crippen LogP contribution in [0.25, 0.3) is 10.9 Å². The maximum Gasteiger partial charge on any atom is 0.0706 e. The van der Waals surface area contributed by atoms with Crippen LogP contribution >= 0.6 is 0 Å². The van der Waals surface area contributed by atoms with Crippen LogP contribution in [0.2, 0.25) is 0 Å². The molecule has 0 fully saturated rings. The molecule has 1 aromatic carbocycles. The average Bonchev–Trinajstić information content (AvgIpc) is 2.27. The van der Waals surface area contributed by atoms with E-state index in [1.54, 1.807) is 0 Å². The summed E-state index contributed by atoms with van der Waals surface area (Å²) in [5.41, 5.74) is 9.08. The van der Waals surface area contributed by atoms with Crippen LogP contribution in [0, 0.1) is 0 Å². The molecule has 16 heavy (non-hydrogen) atoms. The van der Waals surface area contributed by atoms with Crippen LogP contribution in [0.1, 0.15) is 25.1 Å². The minimum atomic E-state index is -0.0536. The van der Waals surface area contributed by atoms with Gasteiger partial charge in [0.25, 0.3) is 0 Å². The Kier molecular flexibility index (Phi) is 3.02. The van der Waals surface area contributed by atoms with Crippen molar-refractivity contribution in [3.63, 3.8) is 0 Å². The Morgan fingerprint density at radius 1 is 1.31 bits per heavy atom. The first-order valence-corrected chi connectivity index (χ1v) is 5.42. The van der Waals surface area contributed by atoms with Gasteiger partial charge in [0.1, 0.15) is 0 Å². The highest BCUT2D eigenvalue weighted by Crippen LogP contribution is 2.19. The topological polar surface area (TPSA) is 38.9 Å². The quantitative estimate of drug-likeness (QED) is 0.793. The number of nitrogens with zero attached hydrogens (tertiary/aromatic N) is 1. The molecule has 0 amide bonds. The Labute approximate surface area is 95.8 Å². The SMILES string of the molecule is C=C(C)C[C@H](N)c1ccc2ccccc2n1. The molecule has 1 aromatic heterocycles. The zero-order chi connectivity index (χ0) is 11.5. The summed E-state index contributed by atoms with van der Waals surface area (Å²) in [5.74, 6) is 0. The van der Waals surface area contributed by atoms with Gasteiger partial charge in [-0.3, -0.25) is 4.98 Å². The van der Waals surface area contributed by atoms with Crippen LogP contribution < -0.4 is 5.73 Å². The lowest BCUT2D eigenvalue weighted by Gasteiger charge is -2.11. The Morgan fingerprint density at radius 2 is 2.06 bits per heavy atom. The van der Waals surface area contributed by atoms with Gasteiger partial charge in [-0.05, 0) is 25.5 Å². The van der Waals surface area contributed by atoms with Gasteiger partial charge in [0.05, 0.1) is 17.3 Å². The second-order valence-corrected chi connectivity index (χ2v) is 4.20. The Balaban J connectivity index is 2.35. The van der Waals surface area contributed by atoms with Gasteiger partial charge in [-0.25, -0.2) is 0 Å². The van der Waals surface area contributed by atoms with Gasteiger partial charge < -0.3 is 5.73 Å². The molecule has 0 aliphatic carbocycles. The van der Waals surface area contributed by atoms with Crippen LogP contribution in [-0.4, -0.2) is 4.98 Å². The zero-order valence-electron chi connectivity index (χ0n) is 9.48. The van der Waals surface area contributed by atoms with Crippen LogP contribution in [0.15, 0.2) is 48.6 Å². The zero-order valence-corrected chi connectivity index (χ0v) is 9.48. The molecule has 0 aliphatic rings. The first-order chi connectivity index (χ1) is 7.66. The second-order valence-electron chi connectivity index (χ2n) is 4.20. The van der Waals surface area contributed by atoms with Gasteiger partial charge in [0.15, 0.2) is 0 Å². The third-order valence-corrected chi connectivity index (χ3v) is 2.57. The highest BCUT2D eigenvalue weighted by Gasteiger charge is 2.07. The molecule has 1 heterocycles. The minimum absolute atomic E-state index is 0.0536. The fourth-order valence-electron chi connectivity index (χ4n) is 1.77. The predicted octanol–water partition coefficient (Wildman–Crippen LogP) is 3.20. The smallest absolute Gasteiger partial charge is 0.0706 e. The molecule has 0 spiro atoms. The van der Waals surface area contributed by atoms with Crippen molar-refractivity contribution in [3.8, 4) is 0 Å².